The lowest BCUT2D eigenvalue weighted by molar-refractivity contribution is -0.114. The topological polar surface area (TPSA) is 76.1 Å². The fourth-order valence-electron chi connectivity index (χ4n) is 1.97. The number of thiazole rings is 1. The van der Waals surface area contributed by atoms with Gasteiger partial charge in [-0.25, -0.2) is 18.1 Å². The summed E-state index contributed by atoms with van der Waals surface area (Å²) in [6.45, 7) is 0. The molecule has 0 unspecified atom stereocenters. The predicted octanol–water partition coefficient (Wildman–Crippen LogP) is 3.47. The fraction of sp³-hybridized carbons (Fsp3) is 0. The van der Waals surface area contributed by atoms with Gasteiger partial charge in [-0.2, -0.15) is 0 Å². The van der Waals surface area contributed by atoms with Crippen molar-refractivity contribution >= 4 is 55.2 Å². The summed E-state index contributed by atoms with van der Waals surface area (Å²) in [6, 6.07) is 13.2. The van der Waals surface area contributed by atoms with Crippen LogP contribution in [0.4, 0.5) is 0 Å². The van der Waals surface area contributed by atoms with Gasteiger partial charge >= 0.3 is 0 Å². The third-order valence-electron chi connectivity index (χ3n) is 3.03. The molecule has 0 atom stereocenters. The highest BCUT2D eigenvalue weighted by molar-refractivity contribution is 7.90. The fourth-order valence-corrected chi connectivity index (χ4v) is 4.08. The Morgan fingerprint density at radius 1 is 1.17 bits per heavy atom. The summed E-state index contributed by atoms with van der Waals surface area (Å²) in [6.07, 6.45) is 2.62. The molecular formula is C16H11ClN2O3S2. The monoisotopic (exact) mass is 378 g/mol. The number of nitrogens with zero attached hydrogens (tertiary/aromatic N) is 1. The minimum absolute atomic E-state index is 0.0725. The number of sulfonamides is 1. The molecule has 0 bridgehead atoms. The van der Waals surface area contributed by atoms with Crippen LogP contribution in [0.15, 0.2) is 59.5 Å². The molecule has 2 aromatic carbocycles. The van der Waals surface area contributed by atoms with E-state index in [9.17, 15) is 13.2 Å². The van der Waals surface area contributed by atoms with Crippen LogP contribution in [0.25, 0.3) is 16.3 Å². The van der Waals surface area contributed by atoms with Crippen LogP contribution < -0.4 is 4.72 Å². The SMILES string of the molecule is O=C(/C=C/c1nc2ccccc2s1)NS(=O)(=O)c1cccc(Cl)c1. The number of amides is 1. The number of rotatable bonds is 4. The van der Waals surface area contributed by atoms with E-state index in [4.69, 9.17) is 11.6 Å². The number of carbonyl (C=O) groups is 1. The Bertz CT molecular complexity index is 1010. The Morgan fingerprint density at radius 3 is 2.71 bits per heavy atom. The molecule has 0 spiro atoms. The Kier molecular flexibility index (Phi) is 4.66. The first-order valence-corrected chi connectivity index (χ1v) is 9.48. The molecule has 1 N–H and O–H groups in total. The van der Waals surface area contributed by atoms with Crippen molar-refractivity contribution in [2.75, 3.05) is 0 Å². The highest BCUT2D eigenvalue weighted by atomic mass is 35.5. The lowest BCUT2D eigenvalue weighted by atomic mass is 10.3. The quantitative estimate of drug-likeness (QED) is 0.705. The molecule has 5 nitrogen and oxygen atoms in total. The van der Waals surface area contributed by atoms with E-state index in [0.717, 1.165) is 16.3 Å². The zero-order valence-electron chi connectivity index (χ0n) is 12.1. The van der Waals surface area contributed by atoms with Crippen LogP contribution in [0.3, 0.4) is 0 Å². The zero-order valence-corrected chi connectivity index (χ0v) is 14.5. The van der Waals surface area contributed by atoms with E-state index in [-0.39, 0.29) is 9.92 Å². The summed E-state index contributed by atoms with van der Waals surface area (Å²) in [5.41, 5.74) is 0.828. The van der Waals surface area contributed by atoms with Crippen molar-refractivity contribution in [3.63, 3.8) is 0 Å². The van der Waals surface area contributed by atoms with Gasteiger partial charge in [0.1, 0.15) is 5.01 Å². The van der Waals surface area contributed by atoms with E-state index < -0.39 is 15.9 Å². The first-order chi connectivity index (χ1) is 11.4. The summed E-state index contributed by atoms with van der Waals surface area (Å²) in [5.74, 6) is -0.755. The zero-order chi connectivity index (χ0) is 17.2. The van der Waals surface area contributed by atoms with Gasteiger partial charge in [0, 0.05) is 11.1 Å². The number of aromatic nitrogens is 1. The number of hydrogen-bond donors (Lipinski definition) is 1. The van der Waals surface area contributed by atoms with Crippen molar-refractivity contribution in [1.29, 1.82) is 0 Å². The Morgan fingerprint density at radius 2 is 1.96 bits per heavy atom. The normalized spacial score (nSPS) is 11.9. The summed E-state index contributed by atoms with van der Waals surface area (Å²) in [7, 11) is -3.96. The van der Waals surface area contributed by atoms with Crippen LogP contribution in [-0.2, 0) is 14.8 Å². The van der Waals surface area contributed by atoms with Crippen LogP contribution in [-0.4, -0.2) is 19.3 Å². The molecule has 1 heterocycles. The average Bonchev–Trinajstić information content (AvgIpc) is 2.95. The number of hydrogen-bond acceptors (Lipinski definition) is 5. The second-order valence-corrected chi connectivity index (χ2v) is 7.96. The largest absolute Gasteiger partial charge is 0.269 e. The van der Waals surface area contributed by atoms with Crippen molar-refractivity contribution in [1.82, 2.24) is 9.71 Å². The van der Waals surface area contributed by atoms with Gasteiger partial charge in [0.15, 0.2) is 0 Å². The van der Waals surface area contributed by atoms with Gasteiger partial charge in [-0.3, -0.25) is 4.79 Å². The predicted molar refractivity (Wildman–Crippen MR) is 95.4 cm³/mol. The van der Waals surface area contributed by atoms with E-state index in [0.29, 0.717) is 5.01 Å². The first kappa shape index (κ1) is 16.6. The van der Waals surface area contributed by atoms with Gasteiger partial charge in [-0.15, -0.1) is 11.3 Å². The van der Waals surface area contributed by atoms with Crippen molar-refractivity contribution in [2.45, 2.75) is 4.90 Å². The minimum Gasteiger partial charge on any atom is -0.269 e. The lowest BCUT2D eigenvalue weighted by Crippen LogP contribution is -2.28. The third-order valence-corrected chi connectivity index (χ3v) is 5.61. The van der Waals surface area contributed by atoms with Gasteiger partial charge in [0.05, 0.1) is 15.1 Å². The Balaban J connectivity index is 1.75. The molecule has 24 heavy (non-hydrogen) atoms. The van der Waals surface area contributed by atoms with Crippen LogP contribution in [0, 0.1) is 0 Å². The smallest absolute Gasteiger partial charge is 0.264 e. The maximum atomic E-state index is 12.1. The van der Waals surface area contributed by atoms with Gasteiger partial charge in [0.2, 0.25) is 0 Å². The number of halogens is 1. The van der Waals surface area contributed by atoms with E-state index in [1.54, 1.807) is 6.07 Å². The number of benzene rings is 2. The highest BCUT2D eigenvalue weighted by Gasteiger charge is 2.16. The van der Waals surface area contributed by atoms with Gasteiger partial charge in [-0.1, -0.05) is 29.8 Å². The number of nitrogens with one attached hydrogen (secondary N) is 1. The lowest BCUT2D eigenvalue weighted by Gasteiger charge is -2.04. The van der Waals surface area contributed by atoms with Gasteiger partial charge in [-0.05, 0) is 36.4 Å². The summed E-state index contributed by atoms with van der Waals surface area (Å²) >= 11 is 7.18. The van der Waals surface area contributed by atoms with Gasteiger partial charge in [0.25, 0.3) is 15.9 Å². The second kappa shape index (κ2) is 6.72. The van der Waals surface area contributed by atoms with Crippen molar-refractivity contribution in [3.8, 4) is 0 Å². The number of para-hydroxylation sites is 1. The molecule has 3 aromatic rings. The highest BCUT2D eigenvalue weighted by Crippen LogP contribution is 2.22. The standard InChI is InChI=1S/C16H11ClN2O3S2/c17-11-4-3-5-12(10-11)24(21,22)19-15(20)8-9-16-18-13-6-1-2-7-14(13)23-16/h1-10H,(H,19,20)/b9-8+. The number of carbonyl (C=O) groups excluding carboxylic acids is 1. The molecule has 122 valence electrons. The second-order valence-electron chi connectivity index (χ2n) is 4.78. The molecule has 0 saturated carbocycles. The van der Waals surface area contributed by atoms with Crippen LogP contribution in [0.1, 0.15) is 5.01 Å². The summed E-state index contributed by atoms with van der Waals surface area (Å²) in [4.78, 5) is 16.1. The maximum absolute atomic E-state index is 12.1. The molecular weight excluding hydrogens is 368 g/mol. The molecule has 0 aliphatic heterocycles. The van der Waals surface area contributed by atoms with E-state index >= 15 is 0 Å². The van der Waals surface area contributed by atoms with Gasteiger partial charge < -0.3 is 0 Å². The van der Waals surface area contributed by atoms with E-state index in [1.165, 1.54) is 35.6 Å². The van der Waals surface area contributed by atoms with E-state index in [2.05, 4.69) is 4.98 Å². The molecule has 1 aromatic heterocycles. The Labute approximate surface area is 147 Å². The van der Waals surface area contributed by atoms with Crippen LogP contribution in [0.5, 0.6) is 0 Å². The molecule has 0 fully saturated rings. The van der Waals surface area contributed by atoms with E-state index in [1.807, 2.05) is 29.0 Å². The number of fused-ring (bicyclic) bond motifs is 1. The molecule has 3 rings (SSSR count). The molecule has 1 amide bonds. The van der Waals surface area contributed by atoms with Crippen molar-refractivity contribution < 1.29 is 13.2 Å². The van der Waals surface area contributed by atoms with Crippen LogP contribution in [0.2, 0.25) is 5.02 Å². The molecule has 0 saturated heterocycles. The summed E-state index contributed by atoms with van der Waals surface area (Å²) in [5, 5.41) is 0.891. The Hall–Kier alpha value is -2.22. The summed E-state index contributed by atoms with van der Waals surface area (Å²) < 4.78 is 27.2. The molecule has 0 radical (unpaired) electrons. The maximum Gasteiger partial charge on any atom is 0.264 e. The third kappa shape index (κ3) is 3.81. The van der Waals surface area contributed by atoms with Crippen molar-refractivity contribution in [2.24, 2.45) is 0 Å². The molecule has 8 heteroatoms. The molecule has 0 aliphatic carbocycles. The average molecular weight is 379 g/mol. The van der Waals surface area contributed by atoms with Crippen molar-refractivity contribution in [3.05, 3.63) is 64.6 Å². The minimum atomic E-state index is -3.96. The molecule has 0 aliphatic rings. The van der Waals surface area contributed by atoms with Crippen LogP contribution >= 0.6 is 22.9 Å². The first-order valence-electron chi connectivity index (χ1n) is 6.80.